The molecule has 174 valence electrons. The Morgan fingerprint density at radius 1 is 0.688 bits per heavy atom. The van der Waals surface area contributed by atoms with E-state index in [1.807, 2.05) is 38.2 Å². The number of ether oxygens (including phenoxy) is 2. The van der Waals surface area contributed by atoms with E-state index in [0.29, 0.717) is 23.0 Å². The van der Waals surface area contributed by atoms with Gasteiger partial charge >= 0.3 is 11.9 Å². The van der Waals surface area contributed by atoms with Crippen molar-refractivity contribution in [3.8, 4) is 0 Å². The van der Waals surface area contributed by atoms with Crippen LogP contribution in [0.2, 0.25) is 0 Å². The number of hydrogen-bond donors (Lipinski definition) is 0. The van der Waals surface area contributed by atoms with E-state index < -0.39 is 0 Å². The van der Waals surface area contributed by atoms with Crippen LogP contribution < -0.4 is 0 Å². The molecule has 4 heteroatoms. The molecule has 0 amide bonds. The van der Waals surface area contributed by atoms with Crippen LogP contribution in [-0.2, 0) is 9.47 Å². The van der Waals surface area contributed by atoms with Crippen LogP contribution in [-0.4, -0.2) is 24.1 Å². The van der Waals surface area contributed by atoms with Crippen LogP contribution in [0.25, 0.3) is 0 Å². The molecule has 0 radical (unpaired) electrons. The average molecular weight is 439 g/mol. The second-order valence-corrected chi connectivity index (χ2v) is 9.16. The quantitative estimate of drug-likeness (QED) is 0.322. The van der Waals surface area contributed by atoms with Gasteiger partial charge in [-0.3, -0.25) is 0 Å². The highest BCUT2D eigenvalue weighted by Crippen LogP contribution is 2.30. The molecule has 3 rings (SSSR count). The number of hydrogen-bond acceptors (Lipinski definition) is 4. The third-order valence-electron chi connectivity index (χ3n) is 6.84. The van der Waals surface area contributed by atoms with Crippen LogP contribution in [0, 0.1) is 11.8 Å². The lowest BCUT2D eigenvalue weighted by Gasteiger charge is -2.28. The number of esters is 2. The summed E-state index contributed by atoms with van der Waals surface area (Å²) in [4.78, 5) is 25.5. The fourth-order valence-corrected chi connectivity index (χ4v) is 5.02. The molecule has 2 aliphatic carbocycles. The van der Waals surface area contributed by atoms with Gasteiger partial charge in [0.1, 0.15) is 12.2 Å². The van der Waals surface area contributed by atoms with E-state index in [1.165, 1.54) is 38.5 Å². The third kappa shape index (κ3) is 6.82. The summed E-state index contributed by atoms with van der Waals surface area (Å²) in [6, 6.07) is 6.66. The van der Waals surface area contributed by atoms with E-state index in [4.69, 9.17) is 9.47 Å². The lowest BCUT2D eigenvalue weighted by atomic mass is 9.85. The molecule has 0 aliphatic heterocycles. The Morgan fingerprint density at radius 2 is 1.03 bits per heavy atom. The molecule has 2 saturated carbocycles. The second-order valence-electron chi connectivity index (χ2n) is 9.16. The Kier molecular flexibility index (Phi) is 9.58. The van der Waals surface area contributed by atoms with Gasteiger partial charge < -0.3 is 9.47 Å². The van der Waals surface area contributed by atoms with Gasteiger partial charge in [-0.1, -0.05) is 50.7 Å². The van der Waals surface area contributed by atoms with Crippen molar-refractivity contribution in [3.63, 3.8) is 0 Å². The molecule has 32 heavy (non-hydrogen) atoms. The SMILES string of the molecule is CC=CC(OC(=O)c1ccc(C(=O)OC(C=CC)C2CCCCC2)cc1)C1CCCCC1. The summed E-state index contributed by atoms with van der Waals surface area (Å²) in [6.45, 7) is 3.91. The Bertz CT molecular complexity index is 713. The molecule has 0 N–H and O–H groups in total. The molecular weight excluding hydrogens is 400 g/mol. The van der Waals surface area contributed by atoms with Gasteiger partial charge in [0.2, 0.25) is 0 Å². The molecular formula is C28H38O4. The van der Waals surface area contributed by atoms with Crippen molar-refractivity contribution < 1.29 is 19.1 Å². The van der Waals surface area contributed by atoms with E-state index >= 15 is 0 Å². The highest BCUT2D eigenvalue weighted by atomic mass is 16.5. The van der Waals surface area contributed by atoms with Crippen LogP contribution in [0.15, 0.2) is 48.6 Å². The number of benzene rings is 1. The normalized spacial score (nSPS) is 20.3. The maximum Gasteiger partial charge on any atom is 0.338 e. The molecule has 2 fully saturated rings. The summed E-state index contributed by atoms with van der Waals surface area (Å²) in [7, 11) is 0. The van der Waals surface area contributed by atoms with Crippen LogP contribution in [0.1, 0.15) is 98.8 Å². The predicted octanol–water partition coefficient (Wildman–Crippen LogP) is 7.05. The summed E-state index contributed by atoms with van der Waals surface area (Å²) in [5.41, 5.74) is 0.924. The highest BCUT2D eigenvalue weighted by Gasteiger charge is 2.27. The Balaban J connectivity index is 1.61. The summed E-state index contributed by atoms with van der Waals surface area (Å²) in [5.74, 6) is 0.100. The molecule has 1 aromatic rings. The zero-order chi connectivity index (χ0) is 22.8. The number of carbonyl (C=O) groups excluding carboxylic acids is 2. The van der Waals surface area contributed by atoms with Crippen LogP contribution in [0.4, 0.5) is 0 Å². The topological polar surface area (TPSA) is 52.6 Å². The molecule has 0 saturated heterocycles. The van der Waals surface area contributed by atoms with Crippen LogP contribution >= 0.6 is 0 Å². The molecule has 2 atom stereocenters. The lowest BCUT2D eigenvalue weighted by Crippen LogP contribution is -2.27. The van der Waals surface area contributed by atoms with Crippen molar-refractivity contribution in [1.82, 2.24) is 0 Å². The average Bonchev–Trinajstić information content (AvgIpc) is 2.84. The lowest BCUT2D eigenvalue weighted by molar-refractivity contribution is 0.0213. The van der Waals surface area contributed by atoms with Crippen molar-refractivity contribution in [2.45, 2.75) is 90.3 Å². The van der Waals surface area contributed by atoms with Crippen molar-refractivity contribution in [1.29, 1.82) is 0 Å². The maximum absolute atomic E-state index is 12.7. The van der Waals surface area contributed by atoms with E-state index in [9.17, 15) is 9.59 Å². The Hall–Kier alpha value is -2.36. The zero-order valence-electron chi connectivity index (χ0n) is 19.6. The van der Waals surface area contributed by atoms with Gasteiger partial charge in [0.25, 0.3) is 0 Å². The van der Waals surface area contributed by atoms with Gasteiger partial charge in [-0.15, -0.1) is 0 Å². The first-order chi connectivity index (χ1) is 15.6. The van der Waals surface area contributed by atoms with Gasteiger partial charge in [-0.2, -0.15) is 0 Å². The molecule has 0 spiro atoms. The maximum atomic E-state index is 12.7. The summed E-state index contributed by atoms with van der Waals surface area (Å²) in [6.07, 6.45) is 19.2. The molecule has 0 aromatic heterocycles. The molecule has 1 aromatic carbocycles. The van der Waals surface area contributed by atoms with Crippen molar-refractivity contribution in [2.75, 3.05) is 0 Å². The minimum Gasteiger partial charge on any atom is -0.454 e. The minimum absolute atomic E-state index is 0.186. The molecule has 4 nitrogen and oxygen atoms in total. The molecule has 2 aliphatic rings. The first kappa shape index (κ1) is 24.3. The Labute approximate surface area is 193 Å². The van der Waals surface area contributed by atoms with E-state index in [-0.39, 0.29) is 24.1 Å². The van der Waals surface area contributed by atoms with E-state index in [2.05, 4.69) is 0 Å². The standard InChI is InChI=1S/C28H38O4/c1-3-11-25(21-13-7-5-8-14-21)31-27(29)23-17-19-24(20-18-23)28(30)32-26(12-4-2)22-15-9-6-10-16-22/h3-4,11-12,17-22,25-26H,5-10,13-16H2,1-2H3. The zero-order valence-corrected chi connectivity index (χ0v) is 19.6. The van der Waals surface area contributed by atoms with Crippen molar-refractivity contribution in [2.24, 2.45) is 11.8 Å². The molecule has 0 heterocycles. The third-order valence-corrected chi connectivity index (χ3v) is 6.84. The van der Waals surface area contributed by atoms with Crippen molar-refractivity contribution >= 4 is 11.9 Å². The molecule has 2 unspecified atom stereocenters. The monoisotopic (exact) mass is 438 g/mol. The van der Waals surface area contributed by atoms with Crippen LogP contribution in [0.3, 0.4) is 0 Å². The highest BCUT2D eigenvalue weighted by molar-refractivity contribution is 5.93. The van der Waals surface area contributed by atoms with Crippen LogP contribution in [0.5, 0.6) is 0 Å². The van der Waals surface area contributed by atoms with Gasteiger partial charge in [-0.05, 0) is 87.8 Å². The van der Waals surface area contributed by atoms with E-state index in [0.717, 1.165) is 25.7 Å². The second kappa shape index (κ2) is 12.6. The fraction of sp³-hybridized carbons (Fsp3) is 0.571. The van der Waals surface area contributed by atoms with Gasteiger partial charge in [0, 0.05) is 0 Å². The van der Waals surface area contributed by atoms with Crippen molar-refractivity contribution in [3.05, 3.63) is 59.7 Å². The number of allylic oxidation sites excluding steroid dienone is 2. The summed E-state index contributed by atoms with van der Waals surface area (Å²) >= 11 is 0. The number of rotatable bonds is 8. The van der Waals surface area contributed by atoms with E-state index in [1.54, 1.807) is 24.3 Å². The predicted molar refractivity (Wildman–Crippen MR) is 128 cm³/mol. The molecule has 0 bridgehead atoms. The summed E-state index contributed by atoms with van der Waals surface area (Å²) < 4.78 is 11.7. The van der Waals surface area contributed by atoms with Gasteiger partial charge in [-0.25, -0.2) is 9.59 Å². The minimum atomic E-state index is -0.340. The van der Waals surface area contributed by atoms with Gasteiger partial charge in [0.05, 0.1) is 11.1 Å². The largest absolute Gasteiger partial charge is 0.454 e. The first-order valence-corrected chi connectivity index (χ1v) is 12.4. The fourth-order valence-electron chi connectivity index (χ4n) is 5.02. The smallest absolute Gasteiger partial charge is 0.338 e. The number of carbonyl (C=O) groups is 2. The Morgan fingerprint density at radius 3 is 1.34 bits per heavy atom. The first-order valence-electron chi connectivity index (χ1n) is 12.4. The summed E-state index contributed by atoms with van der Waals surface area (Å²) in [5, 5.41) is 0. The van der Waals surface area contributed by atoms with Gasteiger partial charge in [0.15, 0.2) is 0 Å².